The predicted molar refractivity (Wildman–Crippen MR) is 190 cm³/mol. The number of nitrogens with zero attached hydrogens (tertiary/aromatic N) is 2. The van der Waals surface area contributed by atoms with Crippen molar-refractivity contribution < 1.29 is 19.2 Å². The Bertz CT molecular complexity index is 1780. The summed E-state index contributed by atoms with van der Waals surface area (Å²) in [6, 6.07) is 28.1. The second-order valence-corrected chi connectivity index (χ2v) is 12.8. The lowest BCUT2D eigenvalue weighted by Crippen LogP contribution is -2.55. The van der Waals surface area contributed by atoms with Crippen LogP contribution in [0.3, 0.4) is 0 Å². The smallest absolute Gasteiger partial charge is 0.247 e. The number of para-hydroxylation sites is 1. The number of anilines is 1. The van der Waals surface area contributed by atoms with Crippen molar-refractivity contribution in [2.24, 2.45) is 0 Å². The van der Waals surface area contributed by atoms with E-state index in [1.165, 1.54) is 9.80 Å². The average Bonchev–Trinajstić information content (AvgIpc) is 3.09. The zero-order chi connectivity index (χ0) is 34.2. The third kappa shape index (κ3) is 8.62. The quantitative estimate of drug-likeness (QED) is 0.231. The Kier molecular flexibility index (Phi) is 11.5. The van der Waals surface area contributed by atoms with Gasteiger partial charge >= 0.3 is 0 Å². The van der Waals surface area contributed by atoms with E-state index in [0.29, 0.717) is 39.7 Å². The number of hydrogen-bond donors (Lipinski definition) is 2. The molecule has 0 radical (unpaired) electrons. The molecule has 248 valence electrons. The van der Waals surface area contributed by atoms with Gasteiger partial charge in [0.25, 0.3) is 0 Å². The van der Waals surface area contributed by atoms with E-state index in [1.807, 2.05) is 61.5 Å². The number of nitrogens with one attached hydrogen (secondary N) is 2. The summed E-state index contributed by atoms with van der Waals surface area (Å²) in [4.78, 5) is 58.3. The molecular formula is C38H38Cl2N4O4. The van der Waals surface area contributed by atoms with Crippen LogP contribution in [0.15, 0.2) is 97.1 Å². The number of benzene rings is 4. The molecule has 4 aromatic rings. The predicted octanol–water partition coefficient (Wildman–Crippen LogP) is 6.54. The maximum atomic E-state index is 13.9. The molecule has 0 fully saturated rings. The van der Waals surface area contributed by atoms with Gasteiger partial charge in [0.05, 0.1) is 16.5 Å². The first kappa shape index (κ1) is 34.7. The molecule has 0 saturated carbocycles. The van der Waals surface area contributed by atoms with Gasteiger partial charge in [-0.15, -0.1) is 0 Å². The van der Waals surface area contributed by atoms with Crippen LogP contribution in [0.5, 0.6) is 0 Å². The molecule has 1 heterocycles. The van der Waals surface area contributed by atoms with Crippen LogP contribution in [0.25, 0.3) is 11.1 Å². The van der Waals surface area contributed by atoms with Gasteiger partial charge in [-0.1, -0.05) is 115 Å². The van der Waals surface area contributed by atoms with Crippen molar-refractivity contribution in [3.8, 4) is 11.1 Å². The highest BCUT2D eigenvalue weighted by atomic mass is 35.5. The fourth-order valence-electron chi connectivity index (χ4n) is 5.78. The zero-order valence-corrected chi connectivity index (χ0v) is 28.4. The highest BCUT2D eigenvalue weighted by Gasteiger charge is 2.32. The lowest BCUT2D eigenvalue weighted by Gasteiger charge is -2.32. The highest BCUT2D eigenvalue weighted by Crippen LogP contribution is 2.25. The van der Waals surface area contributed by atoms with Crippen LogP contribution in [0.2, 0.25) is 10.0 Å². The van der Waals surface area contributed by atoms with Crippen LogP contribution in [0.1, 0.15) is 36.5 Å². The summed E-state index contributed by atoms with van der Waals surface area (Å²) in [5.74, 6) is -1.60. The van der Waals surface area contributed by atoms with Crippen LogP contribution < -0.4 is 10.6 Å². The van der Waals surface area contributed by atoms with Crippen molar-refractivity contribution in [3.63, 3.8) is 0 Å². The fraction of sp³-hybridized carbons (Fsp3) is 0.263. The molecule has 0 saturated heterocycles. The summed E-state index contributed by atoms with van der Waals surface area (Å²) < 4.78 is 0. The number of carbonyl (C=O) groups excluding carboxylic acids is 4. The number of carbonyl (C=O) groups is 4. The second-order valence-electron chi connectivity index (χ2n) is 12.0. The van der Waals surface area contributed by atoms with Gasteiger partial charge in [0, 0.05) is 25.7 Å². The maximum Gasteiger partial charge on any atom is 0.247 e. The first-order valence-corrected chi connectivity index (χ1v) is 16.7. The molecule has 0 bridgehead atoms. The molecule has 8 nitrogen and oxygen atoms in total. The minimum absolute atomic E-state index is 0.0439. The number of hydrogen-bond acceptors (Lipinski definition) is 4. The molecule has 4 amide bonds. The molecule has 0 aliphatic carbocycles. The summed E-state index contributed by atoms with van der Waals surface area (Å²) in [6.07, 6.45) is 1.07. The Morgan fingerprint density at radius 3 is 2.12 bits per heavy atom. The van der Waals surface area contributed by atoms with E-state index in [1.54, 1.807) is 49.5 Å². The lowest BCUT2D eigenvalue weighted by molar-refractivity contribution is -0.144. The van der Waals surface area contributed by atoms with Gasteiger partial charge in [-0.25, -0.2) is 0 Å². The molecule has 0 aromatic heterocycles. The topological polar surface area (TPSA) is 98.8 Å². The molecule has 4 aromatic carbocycles. The first-order chi connectivity index (χ1) is 23.1. The van der Waals surface area contributed by atoms with Crippen molar-refractivity contribution in [2.45, 2.75) is 51.2 Å². The van der Waals surface area contributed by atoms with Crippen LogP contribution in [0, 0.1) is 0 Å². The van der Waals surface area contributed by atoms with E-state index in [9.17, 15) is 19.2 Å². The molecular weight excluding hydrogens is 647 g/mol. The lowest BCUT2D eigenvalue weighted by atomic mass is 10.0. The largest absolute Gasteiger partial charge is 0.342 e. The molecule has 2 N–H and O–H groups in total. The molecule has 5 rings (SSSR count). The van der Waals surface area contributed by atoms with Crippen LogP contribution in [-0.4, -0.2) is 59.1 Å². The van der Waals surface area contributed by atoms with Crippen molar-refractivity contribution in [1.29, 1.82) is 0 Å². The van der Waals surface area contributed by atoms with E-state index >= 15 is 0 Å². The number of amides is 4. The van der Waals surface area contributed by atoms with E-state index in [-0.39, 0.29) is 37.7 Å². The highest BCUT2D eigenvalue weighted by molar-refractivity contribution is 6.42. The summed E-state index contributed by atoms with van der Waals surface area (Å²) in [6.45, 7) is 1.89. The van der Waals surface area contributed by atoms with Gasteiger partial charge in [-0.2, -0.15) is 0 Å². The van der Waals surface area contributed by atoms with E-state index < -0.39 is 23.9 Å². The Hall–Kier alpha value is -4.66. The Morgan fingerprint density at radius 2 is 1.42 bits per heavy atom. The van der Waals surface area contributed by atoms with E-state index in [4.69, 9.17) is 23.2 Å². The van der Waals surface area contributed by atoms with E-state index in [0.717, 1.165) is 16.7 Å². The molecule has 0 unspecified atom stereocenters. The molecule has 48 heavy (non-hydrogen) atoms. The number of likely N-dealkylation sites (N-methyl/N-ethyl adjacent to an activating group) is 1. The van der Waals surface area contributed by atoms with Crippen molar-refractivity contribution in [1.82, 2.24) is 15.1 Å². The monoisotopic (exact) mass is 684 g/mol. The van der Waals surface area contributed by atoms with E-state index in [2.05, 4.69) is 10.6 Å². The van der Waals surface area contributed by atoms with Crippen molar-refractivity contribution >= 4 is 52.5 Å². The molecule has 2 atom stereocenters. The zero-order valence-electron chi connectivity index (χ0n) is 26.9. The van der Waals surface area contributed by atoms with Gasteiger partial charge < -0.3 is 20.4 Å². The summed E-state index contributed by atoms with van der Waals surface area (Å²) >= 11 is 12.4. The maximum absolute atomic E-state index is 13.9. The number of halogens is 2. The van der Waals surface area contributed by atoms with Gasteiger partial charge in [-0.05, 0) is 52.4 Å². The minimum Gasteiger partial charge on any atom is -0.342 e. The van der Waals surface area contributed by atoms with Crippen molar-refractivity contribution in [2.75, 3.05) is 18.9 Å². The van der Waals surface area contributed by atoms with Crippen LogP contribution in [0.4, 0.5) is 5.69 Å². The number of fused-ring (bicyclic) bond motifs is 1. The van der Waals surface area contributed by atoms with Crippen LogP contribution in [-0.2, 0) is 38.6 Å². The fourth-order valence-corrected chi connectivity index (χ4v) is 6.10. The minimum atomic E-state index is -1.00. The third-order valence-electron chi connectivity index (χ3n) is 8.51. The van der Waals surface area contributed by atoms with Crippen molar-refractivity contribution in [3.05, 3.63) is 124 Å². The molecule has 0 spiro atoms. The molecule has 1 aliphatic heterocycles. The van der Waals surface area contributed by atoms with Gasteiger partial charge in [0.1, 0.15) is 18.6 Å². The second kappa shape index (κ2) is 16.0. The SMILES string of the molecule is CCC[C@H]1C(=O)N[C@@H](Cc2ccc(Cl)c(Cl)c2)C(=O)Nc2ccccc2CC(=O)N(Cc2ccc(-c3ccccc3)cc2)CC(=O)N1C. The summed E-state index contributed by atoms with van der Waals surface area (Å²) in [7, 11) is 1.56. The Morgan fingerprint density at radius 1 is 0.750 bits per heavy atom. The summed E-state index contributed by atoms with van der Waals surface area (Å²) in [5.41, 5.74) is 4.70. The molecule has 1 aliphatic rings. The average molecular weight is 686 g/mol. The Labute approximate surface area is 291 Å². The first-order valence-electron chi connectivity index (χ1n) is 15.9. The van der Waals surface area contributed by atoms with Gasteiger partial charge in [-0.3, -0.25) is 19.2 Å². The Balaban J connectivity index is 1.47. The normalized spacial score (nSPS) is 17.8. The standard InChI is InChI=1S/C38H38Cl2N4O4/c1-3-9-34-38(48)42-33(21-26-16-19-30(39)31(40)20-26)37(47)41-32-13-8-7-12-29(32)22-35(45)44(24-36(46)43(34)2)23-25-14-17-28(18-15-25)27-10-5-4-6-11-27/h4-8,10-20,33-34H,3,9,21-24H2,1-2H3,(H,41,47)(H,42,48)/t33-,34-/m0/s1. The molecule has 10 heteroatoms. The van der Waals surface area contributed by atoms with Crippen LogP contribution >= 0.6 is 23.2 Å². The summed E-state index contributed by atoms with van der Waals surface area (Å²) in [5, 5.41) is 6.54. The number of rotatable bonds is 7. The van der Waals surface area contributed by atoms with Gasteiger partial charge in [0.2, 0.25) is 23.6 Å². The third-order valence-corrected chi connectivity index (χ3v) is 9.25. The van der Waals surface area contributed by atoms with Gasteiger partial charge in [0.15, 0.2) is 0 Å².